The first-order valence-corrected chi connectivity index (χ1v) is 6.39. The van der Waals surface area contributed by atoms with Crippen LogP contribution in [0.15, 0.2) is 24.3 Å². The minimum absolute atomic E-state index is 0.152. The van der Waals surface area contributed by atoms with E-state index in [1.807, 2.05) is 0 Å². The summed E-state index contributed by atoms with van der Waals surface area (Å²) >= 11 is 0. The Morgan fingerprint density at radius 2 is 2.19 bits per heavy atom. The van der Waals surface area contributed by atoms with Crippen molar-refractivity contribution in [3.05, 3.63) is 24.3 Å². The highest BCUT2D eigenvalue weighted by molar-refractivity contribution is 5.94. The van der Waals surface area contributed by atoms with Gasteiger partial charge in [0, 0.05) is 18.3 Å². The molecule has 0 saturated carbocycles. The number of amides is 1. The molecule has 0 spiro atoms. The highest BCUT2D eigenvalue weighted by Crippen LogP contribution is 2.26. The number of nitrogens with two attached hydrogens (primary N) is 1. The van der Waals surface area contributed by atoms with Crippen molar-refractivity contribution < 1.29 is 27.4 Å². The van der Waals surface area contributed by atoms with Crippen molar-refractivity contribution in [2.24, 2.45) is 5.73 Å². The molecule has 5 nitrogen and oxygen atoms in total. The number of benzene rings is 1. The maximum absolute atomic E-state index is 12.1. The summed E-state index contributed by atoms with van der Waals surface area (Å²) < 4.78 is 45.6. The van der Waals surface area contributed by atoms with Crippen LogP contribution in [0.1, 0.15) is 12.8 Å². The standard InChI is InChI=1S/C13H15F3N2O3/c14-13(15,16)21-9-3-1-2-8(6-9)18-12(19)11-5-4-10(7-17)20-11/h1-3,6,10-11H,4-5,7,17H2,(H,18,19). The van der Waals surface area contributed by atoms with Crippen LogP contribution in [-0.4, -0.2) is 31.0 Å². The number of carbonyl (C=O) groups is 1. The molecule has 2 atom stereocenters. The van der Waals surface area contributed by atoms with Crippen LogP contribution < -0.4 is 15.8 Å². The molecule has 21 heavy (non-hydrogen) atoms. The summed E-state index contributed by atoms with van der Waals surface area (Å²) in [6.45, 7) is 0.332. The van der Waals surface area contributed by atoms with Gasteiger partial charge in [0.25, 0.3) is 5.91 Å². The largest absolute Gasteiger partial charge is 0.573 e. The van der Waals surface area contributed by atoms with Crippen LogP contribution in [0, 0.1) is 0 Å². The third-order valence-electron chi connectivity index (χ3n) is 3.00. The van der Waals surface area contributed by atoms with Gasteiger partial charge in [-0.05, 0) is 25.0 Å². The Balaban J connectivity index is 1.96. The van der Waals surface area contributed by atoms with Gasteiger partial charge in [0.15, 0.2) is 0 Å². The van der Waals surface area contributed by atoms with Gasteiger partial charge in [-0.3, -0.25) is 4.79 Å². The van der Waals surface area contributed by atoms with E-state index in [0.717, 1.165) is 12.1 Å². The zero-order chi connectivity index (χ0) is 15.5. The molecular formula is C13H15F3N2O3. The van der Waals surface area contributed by atoms with Crippen molar-refractivity contribution in [1.82, 2.24) is 0 Å². The second-order valence-electron chi connectivity index (χ2n) is 4.62. The molecule has 8 heteroatoms. The Morgan fingerprint density at radius 1 is 1.43 bits per heavy atom. The van der Waals surface area contributed by atoms with E-state index in [-0.39, 0.29) is 11.8 Å². The highest BCUT2D eigenvalue weighted by atomic mass is 19.4. The van der Waals surface area contributed by atoms with Gasteiger partial charge in [0.2, 0.25) is 0 Å². The molecule has 1 aliphatic heterocycles. The summed E-state index contributed by atoms with van der Waals surface area (Å²) in [5.41, 5.74) is 5.66. The van der Waals surface area contributed by atoms with E-state index in [1.165, 1.54) is 12.1 Å². The van der Waals surface area contributed by atoms with E-state index in [0.29, 0.717) is 19.4 Å². The summed E-state index contributed by atoms with van der Waals surface area (Å²) in [6, 6.07) is 5.08. The lowest BCUT2D eigenvalue weighted by Gasteiger charge is -2.14. The third-order valence-corrected chi connectivity index (χ3v) is 3.00. The van der Waals surface area contributed by atoms with Crippen LogP contribution in [0.25, 0.3) is 0 Å². The number of anilines is 1. The Labute approximate surface area is 119 Å². The summed E-state index contributed by atoms with van der Waals surface area (Å²) in [6.07, 6.45) is -4.34. The average molecular weight is 304 g/mol. The van der Waals surface area contributed by atoms with E-state index in [4.69, 9.17) is 10.5 Å². The van der Waals surface area contributed by atoms with Crippen LogP contribution in [0.4, 0.5) is 18.9 Å². The van der Waals surface area contributed by atoms with Gasteiger partial charge in [0.1, 0.15) is 11.9 Å². The number of hydrogen-bond acceptors (Lipinski definition) is 4. The second kappa shape index (κ2) is 6.31. The summed E-state index contributed by atoms with van der Waals surface area (Å²) in [7, 11) is 0. The minimum Gasteiger partial charge on any atom is -0.406 e. The molecule has 1 aromatic carbocycles. The predicted molar refractivity (Wildman–Crippen MR) is 68.7 cm³/mol. The quantitative estimate of drug-likeness (QED) is 0.892. The molecule has 1 amide bonds. The third kappa shape index (κ3) is 4.61. The van der Waals surface area contributed by atoms with Crippen LogP contribution in [-0.2, 0) is 9.53 Å². The fourth-order valence-corrected chi connectivity index (χ4v) is 2.07. The van der Waals surface area contributed by atoms with Crippen LogP contribution in [0.2, 0.25) is 0 Å². The van der Waals surface area contributed by atoms with E-state index in [1.54, 1.807) is 0 Å². The van der Waals surface area contributed by atoms with Crippen LogP contribution in [0.3, 0.4) is 0 Å². The van der Waals surface area contributed by atoms with Gasteiger partial charge in [0.05, 0.1) is 6.10 Å². The summed E-state index contributed by atoms with van der Waals surface area (Å²) in [5, 5.41) is 2.50. The van der Waals surface area contributed by atoms with Crippen molar-refractivity contribution in [3.63, 3.8) is 0 Å². The van der Waals surface area contributed by atoms with Crippen molar-refractivity contribution in [1.29, 1.82) is 0 Å². The highest BCUT2D eigenvalue weighted by Gasteiger charge is 2.32. The number of nitrogens with one attached hydrogen (secondary N) is 1. The Kier molecular flexibility index (Phi) is 4.69. The van der Waals surface area contributed by atoms with Gasteiger partial charge in [-0.2, -0.15) is 0 Å². The topological polar surface area (TPSA) is 73.6 Å². The number of rotatable bonds is 4. The molecule has 0 aliphatic carbocycles. The van der Waals surface area contributed by atoms with E-state index < -0.39 is 24.1 Å². The maximum Gasteiger partial charge on any atom is 0.573 e. The Hall–Kier alpha value is -1.80. The van der Waals surface area contributed by atoms with Gasteiger partial charge < -0.3 is 20.5 Å². The zero-order valence-electron chi connectivity index (χ0n) is 11.0. The van der Waals surface area contributed by atoms with Crippen molar-refractivity contribution >= 4 is 11.6 Å². The van der Waals surface area contributed by atoms with Crippen molar-refractivity contribution in [2.45, 2.75) is 31.4 Å². The number of halogens is 3. The molecule has 1 saturated heterocycles. The summed E-state index contributed by atoms with van der Waals surface area (Å²) in [5.74, 6) is -0.803. The molecular weight excluding hydrogens is 289 g/mol. The number of ether oxygens (including phenoxy) is 2. The number of carbonyl (C=O) groups excluding carboxylic acids is 1. The van der Waals surface area contributed by atoms with Crippen LogP contribution >= 0.6 is 0 Å². The molecule has 1 fully saturated rings. The lowest BCUT2D eigenvalue weighted by molar-refractivity contribution is -0.274. The normalized spacial score (nSPS) is 22.1. The van der Waals surface area contributed by atoms with E-state index in [9.17, 15) is 18.0 Å². The molecule has 0 bridgehead atoms. The molecule has 1 heterocycles. The zero-order valence-corrected chi connectivity index (χ0v) is 11.0. The van der Waals surface area contributed by atoms with Crippen molar-refractivity contribution in [2.75, 3.05) is 11.9 Å². The molecule has 2 rings (SSSR count). The summed E-state index contributed by atoms with van der Waals surface area (Å²) in [4.78, 5) is 11.9. The van der Waals surface area contributed by atoms with Crippen LogP contribution in [0.5, 0.6) is 5.75 Å². The first kappa shape index (κ1) is 15.6. The SMILES string of the molecule is NCC1CCC(C(=O)Nc2cccc(OC(F)(F)F)c2)O1. The van der Waals surface area contributed by atoms with Crippen molar-refractivity contribution in [3.8, 4) is 5.75 Å². The van der Waals surface area contributed by atoms with E-state index >= 15 is 0 Å². The maximum atomic E-state index is 12.1. The van der Waals surface area contributed by atoms with Gasteiger partial charge >= 0.3 is 6.36 Å². The lowest BCUT2D eigenvalue weighted by Crippen LogP contribution is -2.29. The first-order valence-electron chi connectivity index (χ1n) is 6.39. The monoisotopic (exact) mass is 304 g/mol. The first-order chi connectivity index (χ1) is 9.87. The molecule has 3 N–H and O–H groups in total. The van der Waals surface area contributed by atoms with Gasteiger partial charge in [-0.15, -0.1) is 13.2 Å². The second-order valence-corrected chi connectivity index (χ2v) is 4.62. The number of alkyl halides is 3. The predicted octanol–water partition coefficient (Wildman–Crippen LogP) is 2.03. The fraction of sp³-hybridized carbons (Fsp3) is 0.462. The lowest BCUT2D eigenvalue weighted by atomic mass is 10.2. The molecule has 1 aromatic rings. The average Bonchev–Trinajstić information content (AvgIpc) is 2.85. The van der Waals surface area contributed by atoms with E-state index in [2.05, 4.69) is 10.1 Å². The minimum atomic E-state index is -4.77. The smallest absolute Gasteiger partial charge is 0.406 e. The van der Waals surface area contributed by atoms with Gasteiger partial charge in [-0.25, -0.2) is 0 Å². The molecule has 2 unspecified atom stereocenters. The molecule has 0 radical (unpaired) electrons. The Bertz CT molecular complexity index is 508. The Morgan fingerprint density at radius 3 is 2.81 bits per heavy atom. The molecule has 0 aromatic heterocycles. The fourth-order valence-electron chi connectivity index (χ4n) is 2.07. The number of hydrogen-bond donors (Lipinski definition) is 2. The van der Waals surface area contributed by atoms with Gasteiger partial charge in [-0.1, -0.05) is 6.07 Å². The molecule has 1 aliphatic rings. The molecule has 116 valence electrons.